The van der Waals surface area contributed by atoms with Crippen LogP contribution >= 0.6 is 0 Å². The Bertz CT molecular complexity index is 1080. The van der Waals surface area contributed by atoms with Gasteiger partial charge in [-0.25, -0.2) is 0 Å². The highest BCUT2D eigenvalue weighted by atomic mass is 16.2. The van der Waals surface area contributed by atoms with E-state index in [-0.39, 0.29) is 18.0 Å². The number of benzene rings is 2. The van der Waals surface area contributed by atoms with Crippen LogP contribution in [0.3, 0.4) is 0 Å². The molecule has 5 heteroatoms. The molecule has 1 fully saturated rings. The summed E-state index contributed by atoms with van der Waals surface area (Å²) in [6.45, 7) is 0.583. The molecule has 5 nitrogen and oxygen atoms in total. The molecule has 0 spiro atoms. The van der Waals surface area contributed by atoms with Crippen LogP contribution < -0.4 is 10.6 Å². The molecule has 3 heterocycles. The van der Waals surface area contributed by atoms with Crippen molar-refractivity contribution in [3.8, 4) is 0 Å². The molecule has 1 aliphatic rings. The van der Waals surface area contributed by atoms with Gasteiger partial charge in [0.25, 0.3) is 0 Å². The maximum atomic E-state index is 12.5. The molecule has 1 unspecified atom stereocenters. The molecule has 1 saturated heterocycles. The molecule has 124 valence electrons. The Morgan fingerprint density at radius 2 is 1.40 bits per heavy atom. The average molecular weight is 330 g/mol. The van der Waals surface area contributed by atoms with Gasteiger partial charge in [-0.1, -0.05) is 36.4 Å². The van der Waals surface area contributed by atoms with Crippen molar-refractivity contribution in [1.82, 2.24) is 20.6 Å². The van der Waals surface area contributed by atoms with Crippen LogP contribution in [0.15, 0.2) is 60.9 Å². The molecule has 5 rings (SSSR count). The van der Waals surface area contributed by atoms with Crippen molar-refractivity contribution >= 4 is 27.7 Å². The highest BCUT2D eigenvalue weighted by Gasteiger charge is 2.32. The standard InChI is InChI=1S/C20H18N4O/c25-20-19(15-10-22-17-8-4-2-6-13(15)17)24-18(11-23-20)14-9-21-16-7-3-1-5-12(14)16/h1-10,18-19,21-22,24H,11H2,(H,23,25)/t18-,19?/m0/s1. The predicted octanol–water partition coefficient (Wildman–Crippen LogP) is 3.15. The van der Waals surface area contributed by atoms with E-state index in [1.807, 2.05) is 48.8 Å². The van der Waals surface area contributed by atoms with Crippen LogP contribution in [0.25, 0.3) is 21.8 Å². The van der Waals surface area contributed by atoms with E-state index in [1.54, 1.807) is 0 Å². The summed E-state index contributed by atoms with van der Waals surface area (Å²) < 4.78 is 0. The SMILES string of the molecule is O=C1NC[C@@H](c2c[nH]c3ccccc23)NC1c1c[nH]c2ccccc12. The minimum atomic E-state index is -0.372. The zero-order valence-corrected chi connectivity index (χ0v) is 13.5. The van der Waals surface area contributed by atoms with Gasteiger partial charge < -0.3 is 15.3 Å². The Balaban J connectivity index is 1.54. The molecule has 0 aliphatic carbocycles. The van der Waals surface area contributed by atoms with Crippen LogP contribution in [0.5, 0.6) is 0 Å². The number of amides is 1. The largest absolute Gasteiger partial charge is 0.361 e. The molecule has 4 aromatic rings. The van der Waals surface area contributed by atoms with E-state index in [9.17, 15) is 4.79 Å². The highest BCUT2D eigenvalue weighted by molar-refractivity contribution is 5.92. The lowest BCUT2D eigenvalue weighted by molar-refractivity contribution is -0.125. The normalized spacial score (nSPS) is 20.9. The first-order valence-corrected chi connectivity index (χ1v) is 8.47. The second-order valence-electron chi connectivity index (χ2n) is 6.48. The average Bonchev–Trinajstić information content (AvgIpc) is 3.26. The van der Waals surface area contributed by atoms with Crippen molar-refractivity contribution in [2.75, 3.05) is 6.54 Å². The number of H-pyrrole nitrogens is 2. The number of aromatic nitrogens is 2. The van der Waals surface area contributed by atoms with Gasteiger partial charge in [0.15, 0.2) is 0 Å². The first-order chi connectivity index (χ1) is 12.3. The summed E-state index contributed by atoms with van der Waals surface area (Å²) in [5, 5.41) is 8.87. The molecular weight excluding hydrogens is 312 g/mol. The lowest BCUT2D eigenvalue weighted by Crippen LogP contribution is -2.49. The van der Waals surface area contributed by atoms with Gasteiger partial charge in [0, 0.05) is 46.3 Å². The van der Waals surface area contributed by atoms with Gasteiger partial charge in [0.2, 0.25) is 5.91 Å². The third-order valence-electron chi connectivity index (χ3n) is 5.04. The molecule has 0 saturated carbocycles. The third kappa shape index (κ3) is 2.24. The number of hydrogen-bond acceptors (Lipinski definition) is 2. The summed E-state index contributed by atoms with van der Waals surface area (Å²) in [5.41, 5.74) is 4.32. The fourth-order valence-electron chi connectivity index (χ4n) is 3.79. The summed E-state index contributed by atoms with van der Waals surface area (Å²) >= 11 is 0. The zero-order chi connectivity index (χ0) is 16.8. The highest BCUT2D eigenvalue weighted by Crippen LogP contribution is 2.31. The lowest BCUT2D eigenvalue weighted by atomic mass is 9.98. The smallest absolute Gasteiger partial charge is 0.241 e. The van der Waals surface area contributed by atoms with E-state index in [0.717, 1.165) is 22.0 Å². The van der Waals surface area contributed by atoms with Crippen LogP contribution in [-0.4, -0.2) is 22.4 Å². The molecule has 25 heavy (non-hydrogen) atoms. The van der Waals surface area contributed by atoms with Gasteiger partial charge in [-0.2, -0.15) is 0 Å². The number of carbonyl (C=O) groups is 1. The van der Waals surface area contributed by atoms with E-state index in [0.29, 0.717) is 6.54 Å². The van der Waals surface area contributed by atoms with E-state index < -0.39 is 0 Å². The van der Waals surface area contributed by atoms with Crippen molar-refractivity contribution < 1.29 is 4.79 Å². The second kappa shape index (κ2) is 5.50. The van der Waals surface area contributed by atoms with Crippen LogP contribution in [0.1, 0.15) is 23.2 Å². The Kier molecular flexibility index (Phi) is 3.15. The first kappa shape index (κ1) is 14.3. The Morgan fingerprint density at radius 1 is 0.800 bits per heavy atom. The minimum absolute atomic E-state index is 0.0147. The Hall–Kier alpha value is -3.05. The number of carbonyl (C=O) groups excluding carboxylic acids is 1. The number of hydrogen-bond donors (Lipinski definition) is 4. The van der Waals surface area contributed by atoms with Crippen LogP contribution in [-0.2, 0) is 4.79 Å². The number of aromatic amines is 2. The van der Waals surface area contributed by atoms with Crippen LogP contribution in [0, 0.1) is 0 Å². The van der Waals surface area contributed by atoms with Gasteiger partial charge in [-0.3, -0.25) is 10.1 Å². The summed E-state index contributed by atoms with van der Waals surface area (Å²) in [6.07, 6.45) is 3.96. The van der Waals surface area contributed by atoms with Gasteiger partial charge in [0.05, 0.1) is 6.04 Å². The van der Waals surface area contributed by atoms with Crippen molar-refractivity contribution in [1.29, 1.82) is 0 Å². The van der Waals surface area contributed by atoms with E-state index in [4.69, 9.17) is 0 Å². The van der Waals surface area contributed by atoms with Crippen molar-refractivity contribution in [3.63, 3.8) is 0 Å². The van der Waals surface area contributed by atoms with E-state index >= 15 is 0 Å². The fourth-order valence-corrected chi connectivity index (χ4v) is 3.79. The monoisotopic (exact) mass is 330 g/mol. The molecule has 2 aromatic carbocycles. The van der Waals surface area contributed by atoms with Gasteiger partial charge in [-0.05, 0) is 17.7 Å². The van der Waals surface area contributed by atoms with Gasteiger partial charge in [0.1, 0.15) is 6.04 Å². The zero-order valence-electron chi connectivity index (χ0n) is 13.5. The molecule has 0 radical (unpaired) electrons. The van der Waals surface area contributed by atoms with E-state index in [1.165, 1.54) is 10.9 Å². The minimum Gasteiger partial charge on any atom is -0.361 e. The second-order valence-corrected chi connectivity index (χ2v) is 6.48. The summed E-state index contributed by atoms with van der Waals surface area (Å²) in [5.74, 6) is 0.0147. The Labute approximate surface area is 144 Å². The lowest BCUT2D eigenvalue weighted by Gasteiger charge is -2.31. The number of nitrogens with one attached hydrogen (secondary N) is 4. The third-order valence-corrected chi connectivity index (χ3v) is 5.04. The topological polar surface area (TPSA) is 72.7 Å². The van der Waals surface area contributed by atoms with Crippen molar-refractivity contribution in [3.05, 3.63) is 72.1 Å². The van der Waals surface area contributed by atoms with Crippen LogP contribution in [0.4, 0.5) is 0 Å². The first-order valence-electron chi connectivity index (χ1n) is 8.47. The van der Waals surface area contributed by atoms with E-state index in [2.05, 4.69) is 32.7 Å². The van der Waals surface area contributed by atoms with Crippen molar-refractivity contribution in [2.45, 2.75) is 12.1 Å². The number of rotatable bonds is 2. The summed E-state index contributed by atoms with van der Waals surface area (Å²) in [4.78, 5) is 19.1. The number of fused-ring (bicyclic) bond motifs is 2. The molecule has 1 aliphatic heterocycles. The summed E-state index contributed by atoms with van der Waals surface area (Å²) in [6, 6.07) is 16.0. The molecule has 1 amide bonds. The van der Waals surface area contributed by atoms with Gasteiger partial charge >= 0.3 is 0 Å². The molecule has 2 aromatic heterocycles. The number of para-hydroxylation sites is 2. The fraction of sp³-hybridized carbons (Fsp3) is 0.150. The quantitative estimate of drug-likeness (QED) is 0.456. The van der Waals surface area contributed by atoms with Gasteiger partial charge in [-0.15, -0.1) is 0 Å². The maximum Gasteiger partial charge on any atom is 0.241 e. The number of piperazine rings is 1. The van der Waals surface area contributed by atoms with Crippen LogP contribution in [0.2, 0.25) is 0 Å². The predicted molar refractivity (Wildman–Crippen MR) is 98.2 cm³/mol. The molecule has 4 N–H and O–H groups in total. The maximum absolute atomic E-state index is 12.5. The molecule has 2 atom stereocenters. The molecular formula is C20H18N4O. The molecule has 0 bridgehead atoms. The summed E-state index contributed by atoms with van der Waals surface area (Å²) in [7, 11) is 0. The Morgan fingerprint density at radius 3 is 2.12 bits per heavy atom. The van der Waals surface area contributed by atoms with Crippen molar-refractivity contribution in [2.24, 2.45) is 0 Å².